The van der Waals surface area contributed by atoms with Crippen molar-refractivity contribution in [2.24, 2.45) is 5.92 Å². The van der Waals surface area contributed by atoms with Gasteiger partial charge in [-0.05, 0) is 36.6 Å². The zero-order valence-corrected chi connectivity index (χ0v) is 11.8. The molecule has 0 saturated carbocycles. The van der Waals surface area contributed by atoms with E-state index in [0.717, 1.165) is 36.7 Å². The molecule has 3 rings (SSSR count). The molecule has 1 saturated heterocycles. The Kier molecular flexibility index (Phi) is 3.66. The molecule has 0 radical (unpaired) electrons. The Morgan fingerprint density at radius 2 is 2.39 bits per heavy atom. The maximum absolute atomic E-state index is 5.86. The lowest BCUT2D eigenvalue weighted by Gasteiger charge is -2.33. The summed E-state index contributed by atoms with van der Waals surface area (Å²) in [5.74, 6) is 2.58. The number of hydrogen-bond acceptors (Lipinski definition) is 4. The molecule has 3 nitrogen and oxygen atoms in total. The zero-order chi connectivity index (χ0) is 12.4. The van der Waals surface area contributed by atoms with Crippen LogP contribution in [0, 0.1) is 5.92 Å². The fourth-order valence-electron chi connectivity index (χ4n) is 2.65. The van der Waals surface area contributed by atoms with Crippen molar-refractivity contribution >= 4 is 39.0 Å². The fourth-order valence-corrected chi connectivity index (χ4v) is 3.82. The van der Waals surface area contributed by atoms with Crippen LogP contribution in [-0.2, 0) is 0 Å². The van der Waals surface area contributed by atoms with Crippen molar-refractivity contribution in [2.75, 3.05) is 23.9 Å². The van der Waals surface area contributed by atoms with E-state index in [1.807, 2.05) is 0 Å². The topological polar surface area (TPSA) is 29.0 Å². The molecule has 0 amide bonds. The van der Waals surface area contributed by atoms with E-state index in [9.17, 15) is 0 Å². The Balaban J connectivity index is 1.87. The summed E-state index contributed by atoms with van der Waals surface area (Å²) in [6.07, 6.45) is 5.31. The van der Waals surface area contributed by atoms with Gasteiger partial charge in [0.15, 0.2) is 0 Å². The number of nitrogens with zero attached hydrogens (tertiary/aromatic N) is 3. The molecule has 2 aromatic rings. The molecular formula is C13H16ClN3S. The van der Waals surface area contributed by atoms with Crippen LogP contribution in [-0.4, -0.2) is 28.9 Å². The molecule has 18 heavy (non-hydrogen) atoms. The Labute approximate surface area is 116 Å². The molecule has 0 bridgehead atoms. The van der Waals surface area contributed by atoms with E-state index < -0.39 is 0 Å². The third-order valence-electron chi connectivity index (χ3n) is 3.56. The summed E-state index contributed by atoms with van der Waals surface area (Å²) >= 11 is 7.59. The highest BCUT2D eigenvalue weighted by molar-refractivity contribution is 7.17. The number of fused-ring (bicyclic) bond motifs is 1. The van der Waals surface area contributed by atoms with Crippen LogP contribution in [0.25, 0.3) is 10.2 Å². The lowest BCUT2D eigenvalue weighted by Crippen LogP contribution is -2.36. The van der Waals surface area contributed by atoms with Crippen LogP contribution in [0.4, 0.5) is 5.82 Å². The normalized spacial score (nSPS) is 20.5. The molecule has 1 aliphatic rings. The predicted molar refractivity (Wildman–Crippen MR) is 77.7 cm³/mol. The second-order valence-electron chi connectivity index (χ2n) is 4.76. The first-order chi connectivity index (χ1) is 8.88. The number of halogens is 1. The van der Waals surface area contributed by atoms with Crippen LogP contribution in [0.5, 0.6) is 0 Å². The Hall–Kier alpha value is -0.870. The number of alkyl halides is 1. The first kappa shape index (κ1) is 12.2. The van der Waals surface area contributed by atoms with Crippen LogP contribution >= 0.6 is 22.9 Å². The van der Waals surface area contributed by atoms with Gasteiger partial charge < -0.3 is 4.90 Å². The smallest absolute Gasteiger partial charge is 0.150 e. The average Bonchev–Trinajstić information content (AvgIpc) is 2.87. The number of piperidine rings is 1. The van der Waals surface area contributed by atoms with Gasteiger partial charge in [0.25, 0.3) is 0 Å². The second-order valence-corrected chi connectivity index (χ2v) is 6.06. The van der Waals surface area contributed by atoms with Crippen molar-refractivity contribution in [1.82, 2.24) is 9.97 Å². The number of anilines is 1. The molecule has 5 heteroatoms. The van der Waals surface area contributed by atoms with Gasteiger partial charge in [-0.3, -0.25) is 0 Å². The molecule has 1 unspecified atom stereocenters. The number of aromatic nitrogens is 2. The summed E-state index contributed by atoms with van der Waals surface area (Å²) in [7, 11) is 0. The van der Waals surface area contributed by atoms with Gasteiger partial charge in [0.1, 0.15) is 12.1 Å². The SMILES string of the molecule is ClCCC1CCCN(c2ncnc3ccsc23)C1. The third-order valence-corrected chi connectivity index (χ3v) is 4.68. The molecule has 0 aliphatic carbocycles. The van der Waals surface area contributed by atoms with E-state index >= 15 is 0 Å². The van der Waals surface area contributed by atoms with E-state index in [4.69, 9.17) is 11.6 Å². The van der Waals surface area contributed by atoms with E-state index in [-0.39, 0.29) is 0 Å². The van der Waals surface area contributed by atoms with E-state index in [1.165, 1.54) is 17.5 Å². The molecule has 96 valence electrons. The quantitative estimate of drug-likeness (QED) is 0.806. The monoisotopic (exact) mass is 281 g/mol. The molecule has 0 aromatic carbocycles. The highest BCUT2D eigenvalue weighted by atomic mass is 35.5. The minimum absolute atomic E-state index is 0.709. The minimum atomic E-state index is 0.709. The largest absolute Gasteiger partial charge is 0.355 e. The van der Waals surface area contributed by atoms with Gasteiger partial charge in [-0.1, -0.05) is 0 Å². The second kappa shape index (κ2) is 5.41. The number of thiophene rings is 1. The summed E-state index contributed by atoms with van der Waals surface area (Å²) in [6, 6.07) is 2.06. The molecule has 0 N–H and O–H groups in total. The number of rotatable bonds is 3. The summed E-state index contributed by atoms with van der Waals surface area (Å²) in [4.78, 5) is 11.2. The van der Waals surface area contributed by atoms with E-state index in [0.29, 0.717) is 5.92 Å². The summed E-state index contributed by atoms with van der Waals surface area (Å²) < 4.78 is 1.21. The van der Waals surface area contributed by atoms with Crippen molar-refractivity contribution in [1.29, 1.82) is 0 Å². The molecule has 1 fully saturated rings. The van der Waals surface area contributed by atoms with Gasteiger partial charge in [0.05, 0.1) is 10.2 Å². The van der Waals surface area contributed by atoms with Crippen LogP contribution in [0.3, 0.4) is 0 Å². The highest BCUT2D eigenvalue weighted by Gasteiger charge is 2.22. The van der Waals surface area contributed by atoms with Gasteiger partial charge in [0, 0.05) is 19.0 Å². The molecule has 2 aromatic heterocycles. The first-order valence-corrected chi connectivity index (χ1v) is 7.79. The maximum Gasteiger partial charge on any atom is 0.150 e. The lowest BCUT2D eigenvalue weighted by molar-refractivity contribution is 0.405. The highest BCUT2D eigenvalue weighted by Crippen LogP contribution is 2.31. The summed E-state index contributed by atoms with van der Waals surface area (Å²) in [6.45, 7) is 2.18. The molecule has 3 heterocycles. The molecule has 0 spiro atoms. The van der Waals surface area contributed by atoms with Crippen LogP contribution in [0.15, 0.2) is 17.8 Å². The Bertz CT molecular complexity index is 526. The lowest BCUT2D eigenvalue weighted by atomic mass is 9.95. The maximum atomic E-state index is 5.86. The standard InChI is InChI=1S/C13H16ClN3S/c14-5-3-10-2-1-6-17(8-10)13-12-11(4-7-18-12)15-9-16-13/h4,7,9-10H,1-3,5-6,8H2. The van der Waals surface area contributed by atoms with Gasteiger partial charge in [-0.15, -0.1) is 22.9 Å². The number of hydrogen-bond donors (Lipinski definition) is 0. The summed E-state index contributed by atoms with van der Waals surface area (Å²) in [5.41, 5.74) is 1.06. The van der Waals surface area contributed by atoms with Crippen LogP contribution < -0.4 is 4.90 Å². The fraction of sp³-hybridized carbons (Fsp3) is 0.538. The van der Waals surface area contributed by atoms with Crippen molar-refractivity contribution < 1.29 is 0 Å². The molecule has 1 aliphatic heterocycles. The van der Waals surface area contributed by atoms with Crippen molar-refractivity contribution in [3.63, 3.8) is 0 Å². The van der Waals surface area contributed by atoms with Crippen LogP contribution in [0.1, 0.15) is 19.3 Å². The molecule has 1 atom stereocenters. The van der Waals surface area contributed by atoms with Gasteiger partial charge in [0.2, 0.25) is 0 Å². The van der Waals surface area contributed by atoms with Crippen molar-refractivity contribution in [3.05, 3.63) is 17.8 Å². The summed E-state index contributed by atoms with van der Waals surface area (Å²) in [5, 5.41) is 2.09. The Morgan fingerprint density at radius 3 is 3.28 bits per heavy atom. The average molecular weight is 282 g/mol. The van der Waals surface area contributed by atoms with Gasteiger partial charge >= 0.3 is 0 Å². The van der Waals surface area contributed by atoms with Gasteiger partial charge in [-0.25, -0.2) is 9.97 Å². The first-order valence-electron chi connectivity index (χ1n) is 6.37. The third kappa shape index (κ3) is 2.31. The predicted octanol–water partition coefficient (Wildman–Crippen LogP) is 3.54. The Morgan fingerprint density at radius 1 is 1.44 bits per heavy atom. The minimum Gasteiger partial charge on any atom is -0.355 e. The molecular weight excluding hydrogens is 266 g/mol. The van der Waals surface area contributed by atoms with Crippen LogP contribution in [0.2, 0.25) is 0 Å². The van der Waals surface area contributed by atoms with Crippen molar-refractivity contribution in [2.45, 2.75) is 19.3 Å². The zero-order valence-electron chi connectivity index (χ0n) is 10.2. The van der Waals surface area contributed by atoms with E-state index in [1.54, 1.807) is 17.7 Å². The van der Waals surface area contributed by atoms with Crippen molar-refractivity contribution in [3.8, 4) is 0 Å². The van der Waals surface area contributed by atoms with E-state index in [2.05, 4.69) is 26.3 Å². The van der Waals surface area contributed by atoms with Gasteiger partial charge in [-0.2, -0.15) is 0 Å².